The van der Waals surface area contributed by atoms with Crippen LogP contribution in [-0.2, 0) is 19.1 Å². The van der Waals surface area contributed by atoms with E-state index in [1.807, 2.05) is 0 Å². The zero-order chi connectivity index (χ0) is 20.4. The van der Waals surface area contributed by atoms with Crippen molar-refractivity contribution in [1.82, 2.24) is 10.6 Å². The van der Waals surface area contributed by atoms with E-state index in [2.05, 4.69) is 20.7 Å². The van der Waals surface area contributed by atoms with Crippen molar-refractivity contribution < 1.29 is 23.9 Å². The highest BCUT2D eigenvalue weighted by Gasteiger charge is 2.16. The van der Waals surface area contributed by atoms with E-state index in [1.165, 1.54) is 0 Å². The summed E-state index contributed by atoms with van der Waals surface area (Å²) in [6.45, 7) is 3.10. The highest BCUT2D eigenvalue weighted by Crippen LogP contribution is 2.13. The summed E-state index contributed by atoms with van der Waals surface area (Å²) in [4.78, 5) is 35.2. The normalized spacial score (nSPS) is 15.8. The number of anilines is 1. The zero-order valence-corrected chi connectivity index (χ0v) is 16.3. The van der Waals surface area contributed by atoms with Crippen molar-refractivity contribution in [3.05, 3.63) is 42.0 Å². The SMILES string of the molecule is CCOC(=O)/C=C/C(=O)NC(=S)Nc1cccc(C(=O)NCC2CCCO2)c1. The monoisotopic (exact) mass is 405 g/mol. The number of hydrogen-bond donors (Lipinski definition) is 3. The third-order valence-electron chi connectivity index (χ3n) is 3.79. The predicted molar refractivity (Wildman–Crippen MR) is 108 cm³/mol. The summed E-state index contributed by atoms with van der Waals surface area (Å²) in [7, 11) is 0. The van der Waals surface area contributed by atoms with Gasteiger partial charge < -0.3 is 20.1 Å². The summed E-state index contributed by atoms with van der Waals surface area (Å²) in [6, 6.07) is 6.72. The molecule has 1 heterocycles. The Morgan fingerprint density at radius 2 is 2.14 bits per heavy atom. The molecule has 0 bridgehead atoms. The number of nitrogens with one attached hydrogen (secondary N) is 3. The van der Waals surface area contributed by atoms with Gasteiger partial charge in [-0.05, 0) is 50.2 Å². The maximum atomic E-state index is 12.3. The van der Waals surface area contributed by atoms with E-state index >= 15 is 0 Å². The number of carbonyl (C=O) groups excluding carboxylic acids is 3. The van der Waals surface area contributed by atoms with Crippen LogP contribution in [0.25, 0.3) is 0 Å². The molecule has 8 nitrogen and oxygen atoms in total. The largest absolute Gasteiger partial charge is 0.463 e. The Morgan fingerprint density at radius 3 is 2.86 bits per heavy atom. The van der Waals surface area contributed by atoms with Crippen LogP contribution in [0.5, 0.6) is 0 Å². The lowest BCUT2D eigenvalue weighted by Crippen LogP contribution is -2.33. The van der Waals surface area contributed by atoms with Gasteiger partial charge in [0.15, 0.2) is 5.11 Å². The van der Waals surface area contributed by atoms with Gasteiger partial charge in [0.25, 0.3) is 5.91 Å². The second-order valence-corrected chi connectivity index (χ2v) is 6.36. The first-order valence-electron chi connectivity index (χ1n) is 8.94. The average Bonchev–Trinajstić information content (AvgIpc) is 3.18. The van der Waals surface area contributed by atoms with Crippen LogP contribution in [-0.4, -0.2) is 48.8 Å². The van der Waals surface area contributed by atoms with Crippen molar-refractivity contribution in [2.75, 3.05) is 25.1 Å². The average molecular weight is 405 g/mol. The van der Waals surface area contributed by atoms with Crippen LogP contribution in [0.1, 0.15) is 30.1 Å². The molecule has 1 aliphatic rings. The number of thiocarbonyl (C=S) groups is 1. The molecule has 1 saturated heterocycles. The third-order valence-corrected chi connectivity index (χ3v) is 4.00. The topological polar surface area (TPSA) is 106 Å². The molecule has 1 atom stereocenters. The Labute approximate surface area is 168 Å². The molecule has 0 aliphatic carbocycles. The fraction of sp³-hybridized carbons (Fsp3) is 0.368. The van der Waals surface area contributed by atoms with Crippen LogP contribution in [0.15, 0.2) is 36.4 Å². The van der Waals surface area contributed by atoms with Crippen molar-refractivity contribution in [3.63, 3.8) is 0 Å². The predicted octanol–water partition coefficient (Wildman–Crippen LogP) is 1.53. The van der Waals surface area contributed by atoms with E-state index in [0.29, 0.717) is 17.8 Å². The van der Waals surface area contributed by atoms with Crippen molar-refractivity contribution in [3.8, 4) is 0 Å². The van der Waals surface area contributed by atoms with Gasteiger partial charge in [-0.3, -0.25) is 14.9 Å². The van der Waals surface area contributed by atoms with Gasteiger partial charge >= 0.3 is 5.97 Å². The Morgan fingerprint density at radius 1 is 1.32 bits per heavy atom. The lowest BCUT2D eigenvalue weighted by atomic mass is 10.1. The molecule has 28 heavy (non-hydrogen) atoms. The molecule has 0 aromatic heterocycles. The van der Waals surface area contributed by atoms with E-state index in [4.69, 9.17) is 17.0 Å². The van der Waals surface area contributed by atoms with E-state index in [1.54, 1.807) is 31.2 Å². The van der Waals surface area contributed by atoms with Crippen molar-refractivity contribution in [1.29, 1.82) is 0 Å². The van der Waals surface area contributed by atoms with Crippen LogP contribution in [0.3, 0.4) is 0 Å². The standard InChI is InChI=1S/C19H23N3O5S/c1-2-26-17(24)9-8-16(23)22-19(28)21-14-6-3-5-13(11-14)18(25)20-12-15-7-4-10-27-15/h3,5-6,8-9,11,15H,2,4,7,10,12H2,1H3,(H,20,25)(H2,21,22,23,28)/b9-8+. The summed E-state index contributed by atoms with van der Waals surface area (Å²) in [5, 5.41) is 8.11. The molecular formula is C19H23N3O5S. The first-order valence-corrected chi connectivity index (χ1v) is 9.35. The van der Waals surface area contributed by atoms with E-state index in [-0.39, 0.29) is 23.7 Å². The second-order valence-electron chi connectivity index (χ2n) is 5.95. The van der Waals surface area contributed by atoms with Crippen molar-refractivity contribution in [2.24, 2.45) is 0 Å². The summed E-state index contributed by atoms with van der Waals surface area (Å²) in [5.74, 6) is -1.40. The summed E-state index contributed by atoms with van der Waals surface area (Å²) >= 11 is 5.07. The van der Waals surface area contributed by atoms with Gasteiger partial charge in [-0.25, -0.2) is 4.79 Å². The maximum absolute atomic E-state index is 12.3. The molecule has 2 rings (SSSR count). The first kappa shape index (κ1) is 21.5. The minimum Gasteiger partial charge on any atom is -0.463 e. The van der Waals surface area contributed by atoms with Gasteiger partial charge in [0.2, 0.25) is 5.91 Å². The Hall–Kier alpha value is -2.78. The molecule has 2 amide bonds. The minimum atomic E-state index is -0.613. The molecule has 0 radical (unpaired) electrons. The van der Waals surface area contributed by atoms with Crippen LogP contribution < -0.4 is 16.0 Å². The molecule has 1 fully saturated rings. The van der Waals surface area contributed by atoms with Gasteiger partial charge in [0.1, 0.15) is 0 Å². The number of ether oxygens (including phenoxy) is 2. The van der Waals surface area contributed by atoms with Gasteiger partial charge in [0, 0.05) is 36.6 Å². The molecule has 0 saturated carbocycles. The van der Waals surface area contributed by atoms with Gasteiger partial charge in [-0.2, -0.15) is 0 Å². The number of esters is 1. The van der Waals surface area contributed by atoms with Crippen molar-refractivity contribution in [2.45, 2.75) is 25.9 Å². The highest BCUT2D eigenvalue weighted by molar-refractivity contribution is 7.80. The molecule has 0 spiro atoms. The molecular weight excluding hydrogens is 382 g/mol. The molecule has 1 aliphatic heterocycles. The summed E-state index contributed by atoms with van der Waals surface area (Å²) in [6.07, 6.45) is 4.07. The van der Waals surface area contributed by atoms with Gasteiger partial charge in [-0.1, -0.05) is 6.07 Å². The van der Waals surface area contributed by atoms with E-state index in [9.17, 15) is 14.4 Å². The lowest BCUT2D eigenvalue weighted by molar-refractivity contribution is -0.137. The fourth-order valence-corrected chi connectivity index (χ4v) is 2.72. The smallest absolute Gasteiger partial charge is 0.330 e. The molecule has 1 aromatic rings. The highest BCUT2D eigenvalue weighted by atomic mass is 32.1. The summed E-state index contributed by atoms with van der Waals surface area (Å²) < 4.78 is 10.2. The first-order chi connectivity index (χ1) is 13.5. The van der Waals surface area contributed by atoms with Crippen LogP contribution in [0.2, 0.25) is 0 Å². The second kappa shape index (κ2) is 11.2. The lowest BCUT2D eigenvalue weighted by Gasteiger charge is -2.12. The van der Waals surface area contributed by atoms with Gasteiger partial charge in [0.05, 0.1) is 12.7 Å². The van der Waals surface area contributed by atoms with Crippen LogP contribution >= 0.6 is 12.2 Å². The summed E-state index contributed by atoms with van der Waals surface area (Å²) in [5.41, 5.74) is 1.00. The Kier molecular flexibility index (Phi) is 8.57. The van der Waals surface area contributed by atoms with E-state index in [0.717, 1.165) is 31.6 Å². The molecule has 3 N–H and O–H groups in total. The molecule has 1 unspecified atom stereocenters. The fourth-order valence-electron chi connectivity index (χ4n) is 2.50. The maximum Gasteiger partial charge on any atom is 0.330 e. The number of benzene rings is 1. The van der Waals surface area contributed by atoms with Crippen molar-refractivity contribution >= 4 is 40.8 Å². The zero-order valence-electron chi connectivity index (χ0n) is 15.5. The number of carbonyl (C=O) groups is 3. The quantitative estimate of drug-likeness (QED) is 0.359. The van der Waals surface area contributed by atoms with Crippen LogP contribution in [0, 0.1) is 0 Å². The number of hydrogen-bond acceptors (Lipinski definition) is 6. The van der Waals surface area contributed by atoms with Crippen LogP contribution in [0.4, 0.5) is 5.69 Å². The molecule has 9 heteroatoms. The molecule has 1 aromatic carbocycles. The molecule has 150 valence electrons. The third kappa shape index (κ3) is 7.45. The minimum absolute atomic E-state index is 0.0374. The Balaban J connectivity index is 1.83. The van der Waals surface area contributed by atoms with Gasteiger partial charge in [-0.15, -0.1) is 0 Å². The van der Waals surface area contributed by atoms with E-state index < -0.39 is 11.9 Å². The Bertz CT molecular complexity index is 760. The number of rotatable bonds is 7. The number of amides is 2.